The fraction of sp³-hybridized carbons (Fsp3) is 0.909. The molecule has 14 heavy (non-hydrogen) atoms. The van der Waals surface area contributed by atoms with Gasteiger partial charge in [-0.05, 0) is 39.2 Å². The molecule has 3 heteroatoms. The third-order valence-corrected chi connectivity index (χ3v) is 3.14. The van der Waals surface area contributed by atoms with Crippen molar-refractivity contribution in [1.29, 1.82) is 0 Å². The normalized spacial score (nSPS) is 28.8. The van der Waals surface area contributed by atoms with E-state index >= 15 is 0 Å². The maximum atomic E-state index is 11.5. The SMILES string of the molecule is CCOC(=O)C1CCCN(C2CC2)C1. The fourth-order valence-electron chi connectivity index (χ4n) is 2.23. The Hall–Kier alpha value is -0.570. The average molecular weight is 197 g/mol. The Bertz CT molecular complexity index is 213. The monoisotopic (exact) mass is 197 g/mol. The summed E-state index contributed by atoms with van der Waals surface area (Å²) in [6.45, 7) is 4.50. The van der Waals surface area contributed by atoms with Gasteiger partial charge in [0.25, 0.3) is 0 Å². The summed E-state index contributed by atoms with van der Waals surface area (Å²) < 4.78 is 5.06. The molecule has 0 amide bonds. The van der Waals surface area contributed by atoms with Crippen LogP contribution < -0.4 is 0 Å². The van der Waals surface area contributed by atoms with Crippen molar-refractivity contribution in [3.05, 3.63) is 0 Å². The summed E-state index contributed by atoms with van der Waals surface area (Å²) in [5.41, 5.74) is 0. The number of nitrogens with zero attached hydrogens (tertiary/aromatic N) is 1. The smallest absolute Gasteiger partial charge is 0.310 e. The lowest BCUT2D eigenvalue weighted by molar-refractivity contribution is -0.150. The molecule has 1 aliphatic carbocycles. The molecule has 3 nitrogen and oxygen atoms in total. The first kappa shape index (κ1) is 9.97. The topological polar surface area (TPSA) is 29.5 Å². The number of piperidine rings is 1. The van der Waals surface area contributed by atoms with Gasteiger partial charge in [0, 0.05) is 12.6 Å². The zero-order valence-electron chi connectivity index (χ0n) is 8.87. The van der Waals surface area contributed by atoms with E-state index in [1.807, 2.05) is 6.92 Å². The highest BCUT2D eigenvalue weighted by Gasteiger charge is 2.35. The number of hydrogen-bond donors (Lipinski definition) is 0. The molecule has 0 N–H and O–H groups in total. The van der Waals surface area contributed by atoms with Crippen LogP contribution >= 0.6 is 0 Å². The van der Waals surface area contributed by atoms with Crippen molar-refractivity contribution in [2.45, 2.75) is 38.6 Å². The second-order valence-electron chi connectivity index (χ2n) is 4.32. The average Bonchev–Trinajstić information content (AvgIpc) is 3.02. The van der Waals surface area contributed by atoms with Crippen molar-refractivity contribution in [2.75, 3.05) is 19.7 Å². The highest BCUT2D eigenvalue weighted by Crippen LogP contribution is 2.31. The van der Waals surface area contributed by atoms with Gasteiger partial charge in [-0.3, -0.25) is 9.69 Å². The third kappa shape index (κ3) is 2.27. The van der Waals surface area contributed by atoms with Crippen LogP contribution in [0.1, 0.15) is 32.6 Å². The molecule has 0 radical (unpaired) electrons. The van der Waals surface area contributed by atoms with Gasteiger partial charge in [-0.1, -0.05) is 0 Å². The lowest BCUT2D eigenvalue weighted by atomic mass is 9.98. The van der Waals surface area contributed by atoms with Gasteiger partial charge in [0.15, 0.2) is 0 Å². The molecular formula is C11H19NO2. The number of rotatable bonds is 3. The summed E-state index contributed by atoms with van der Waals surface area (Å²) in [4.78, 5) is 14.0. The Morgan fingerprint density at radius 1 is 1.43 bits per heavy atom. The number of ether oxygens (including phenoxy) is 1. The van der Waals surface area contributed by atoms with Gasteiger partial charge in [-0.2, -0.15) is 0 Å². The van der Waals surface area contributed by atoms with Gasteiger partial charge in [-0.25, -0.2) is 0 Å². The molecule has 1 saturated heterocycles. The van der Waals surface area contributed by atoms with Crippen LogP contribution in [0.5, 0.6) is 0 Å². The van der Waals surface area contributed by atoms with E-state index in [-0.39, 0.29) is 11.9 Å². The molecule has 0 bridgehead atoms. The van der Waals surface area contributed by atoms with Gasteiger partial charge >= 0.3 is 5.97 Å². The summed E-state index contributed by atoms with van der Waals surface area (Å²) in [5.74, 6) is 0.155. The molecule has 0 aromatic carbocycles. The molecular weight excluding hydrogens is 178 g/mol. The van der Waals surface area contributed by atoms with Crippen molar-refractivity contribution in [3.63, 3.8) is 0 Å². The molecule has 0 spiro atoms. The van der Waals surface area contributed by atoms with Crippen molar-refractivity contribution in [3.8, 4) is 0 Å². The van der Waals surface area contributed by atoms with Crippen LogP contribution in [-0.2, 0) is 9.53 Å². The summed E-state index contributed by atoms with van der Waals surface area (Å²) in [5, 5.41) is 0. The molecule has 1 unspecified atom stereocenters. The van der Waals surface area contributed by atoms with Crippen molar-refractivity contribution < 1.29 is 9.53 Å². The summed E-state index contributed by atoms with van der Waals surface area (Å²) >= 11 is 0. The molecule has 2 aliphatic rings. The summed E-state index contributed by atoms with van der Waals surface area (Å²) in [7, 11) is 0. The predicted molar refractivity (Wildman–Crippen MR) is 54.0 cm³/mol. The van der Waals surface area contributed by atoms with E-state index in [4.69, 9.17) is 4.74 Å². The molecule has 2 rings (SSSR count). The Labute approximate surface area is 85.4 Å². The number of hydrogen-bond acceptors (Lipinski definition) is 3. The molecule has 1 heterocycles. The Balaban J connectivity index is 1.83. The van der Waals surface area contributed by atoms with Crippen LogP contribution in [-0.4, -0.2) is 36.6 Å². The van der Waals surface area contributed by atoms with Crippen LogP contribution in [0.4, 0.5) is 0 Å². The molecule has 1 atom stereocenters. The van der Waals surface area contributed by atoms with Gasteiger partial charge < -0.3 is 4.74 Å². The lowest BCUT2D eigenvalue weighted by Gasteiger charge is -2.31. The number of esters is 1. The zero-order valence-corrected chi connectivity index (χ0v) is 8.87. The van der Waals surface area contributed by atoms with E-state index in [0.717, 1.165) is 25.4 Å². The highest BCUT2D eigenvalue weighted by molar-refractivity contribution is 5.72. The third-order valence-electron chi connectivity index (χ3n) is 3.14. The van der Waals surface area contributed by atoms with Gasteiger partial charge in [0.2, 0.25) is 0 Å². The zero-order chi connectivity index (χ0) is 9.97. The van der Waals surface area contributed by atoms with Gasteiger partial charge in [0.1, 0.15) is 0 Å². The fourth-order valence-corrected chi connectivity index (χ4v) is 2.23. The molecule has 80 valence electrons. The Kier molecular flexibility index (Phi) is 3.06. The predicted octanol–water partition coefficient (Wildman–Crippen LogP) is 1.42. The van der Waals surface area contributed by atoms with Crippen LogP contribution in [0, 0.1) is 5.92 Å². The Morgan fingerprint density at radius 3 is 2.86 bits per heavy atom. The lowest BCUT2D eigenvalue weighted by Crippen LogP contribution is -2.40. The largest absolute Gasteiger partial charge is 0.466 e. The van der Waals surface area contributed by atoms with E-state index in [1.165, 1.54) is 19.4 Å². The second-order valence-corrected chi connectivity index (χ2v) is 4.32. The van der Waals surface area contributed by atoms with Crippen LogP contribution in [0.2, 0.25) is 0 Å². The van der Waals surface area contributed by atoms with E-state index in [2.05, 4.69) is 4.90 Å². The van der Waals surface area contributed by atoms with Crippen molar-refractivity contribution in [2.24, 2.45) is 5.92 Å². The molecule has 1 saturated carbocycles. The molecule has 0 aromatic rings. The van der Waals surface area contributed by atoms with Crippen LogP contribution in [0.3, 0.4) is 0 Å². The van der Waals surface area contributed by atoms with Crippen LogP contribution in [0.15, 0.2) is 0 Å². The first-order chi connectivity index (χ1) is 6.81. The molecule has 1 aliphatic heterocycles. The minimum atomic E-state index is 0.0119. The van der Waals surface area contributed by atoms with E-state index < -0.39 is 0 Å². The minimum absolute atomic E-state index is 0.0119. The maximum absolute atomic E-state index is 11.5. The minimum Gasteiger partial charge on any atom is -0.466 e. The molecule has 2 fully saturated rings. The first-order valence-corrected chi connectivity index (χ1v) is 5.72. The van der Waals surface area contributed by atoms with Crippen LogP contribution in [0.25, 0.3) is 0 Å². The Morgan fingerprint density at radius 2 is 2.21 bits per heavy atom. The first-order valence-electron chi connectivity index (χ1n) is 5.72. The number of carbonyl (C=O) groups excluding carboxylic acids is 1. The number of carbonyl (C=O) groups is 1. The summed E-state index contributed by atoms with van der Waals surface area (Å²) in [6, 6.07) is 0.784. The summed E-state index contributed by atoms with van der Waals surface area (Å²) in [6.07, 6.45) is 4.83. The number of likely N-dealkylation sites (tertiary alicyclic amines) is 1. The van der Waals surface area contributed by atoms with E-state index in [0.29, 0.717) is 6.61 Å². The maximum Gasteiger partial charge on any atom is 0.310 e. The van der Waals surface area contributed by atoms with E-state index in [9.17, 15) is 4.79 Å². The van der Waals surface area contributed by atoms with Crippen molar-refractivity contribution >= 4 is 5.97 Å². The van der Waals surface area contributed by atoms with E-state index in [1.54, 1.807) is 0 Å². The van der Waals surface area contributed by atoms with Gasteiger partial charge in [0.05, 0.1) is 12.5 Å². The standard InChI is InChI=1S/C11H19NO2/c1-2-14-11(13)9-4-3-7-12(8-9)10-5-6-10/h9-10H,2-8H2,1H3. The molecule has 0 aromatic heterocycles. The van der Waals surface area contributed by atoms with Crippen molar-refractivity contribution in [1.82, 2.24) is 4.90 Å². The quantitative estimate of drug-likeness (QED) is 0.641. The highest BCUT2D eigenvalue weighted by atomic mass is 16.5. The second kappa shape index (κ2) is 4.30. The van der Waals surface area contributed by atoms with Gasteiger partial charge in [-0.15, -0.1) is 0 Å².